The molecule has 2 heterocycles. The van der Waals surface area contributed by atoms with Crippen LogP contribution in [0.15, 0.2) is 36.7 Å². The van der Waals surface area contributed by atoms with Gasteiger partial charge in [0, 0.05) is 45.4 Å². The molecule has 7 heteroatoms. The number of amides is 2. The van der Waals surface area contributed by atoms with Gasteiger partial charge in [-0.15, -0.1) is 0 Å². The summed E-state index contributed by atoms with van der Waals surface area (Å²) in [5.74, 6) is -0.0816. The van der Waals surface area contributed by atoms with Gasteiger partial charge in [0.1, 0.15) is 0 Å². The summed E-state index contributed by atoms with van der Waals surface area (Å²) in [5.41, 5.74) is 2.24. The lowest BCUT2D eigenvalue weighted by atomic mass is 10.1. The first kappa shape index (κ1) is 18.1. The highest BCUT2D eigenvalue weighted by atomic mass is 16.5. The summed E-state index contributed by atoms with van der Waals surface area (Å²) in [5, 5.41) is 7.10. The molecule has 1 saturated heterocycles. The zero-order valence-electron chi connectivity index (χ0n) is 15.1. The number of para-hydroxylation sites is 1. The molecule has 138 valence electrons. The topological polar surface area (TPSA) is 76.5 Å². The van der Waals surface area contributed by atoms with Crippen LogP contribution in [0.4, 0.5) is 0 Å². The van der Waals surface area contributed by atoms with Gasteiger partial charge in [-0.2, -0.15) is 5.10 Å². The van der Waals surface area contributed by atoms with Gasteiger partial charge < -0.3 is 15.0 Å². The van der Waals surface area contributed by atoms with Gasteiger partial charge >= 0.3 is 0 Å². The Hall–Kier alpha value is -2.67. The lowest BCUT2D eigenvalue weighted by Crippen LogP contribution is -2.40. The molecule has 0 aliphatic carbocycles. The SMILES string of the molecule is COC1CCN(C(=O)c2ccccc2-n2cc(CNC(C)=O)cn2)CC1. The van der Waals surface area contributed by atoms with Crippen LogP contribution >= 0.6 is 0 Å². The lowest BCUT2D eigenvalue weighted by Gasteiger charge is -2.31. The van der Waals surface area contributed by atoms with Crippen LogP contribution in [0.3, 0.4) is 0 Å². The molecule has 0 bridgehead atoms. The molecule has 0 spiro atoms. The van der Waals surface area contributed by atoms with E-state index in [0.29, 0.717) is 25.2 Å². The number of carbonyl (C=O) groups excluding carboxylic acids is 2. The van der Waals surface area contributed by atoms with Crippen LogP contribution in [0.2, 0.25) is 0 Å². The van der Waals surface area contributed by atoms with E-state index < -0.39 is 0 Å². The summed E-state index contributed by atoms with van der Waals surface area (Å²) in [7, 11) is 1.72. The van der Waals surface area contributed by atoms with Crippen molar-refractivity contribution >= 4 is 11.8 Å². The van der Waals surface area contributed by atoms with Gasteiger partial charge in [-0.1, -0.05) is 12.1 Å². The van der Waals surface area contributed by atoms with Crippen molar-refractivity contribution in [2.75, 3.05) is 20.2 Å². The zero-order chi connectivity index (χ0) is 18.5. The van der Waals surface area contributed by atoms with Gasteiger partial charge in [0.15, 0.2) is 0 Å². The van der Waals surface area contributed by atoms with Gasteiger partial charge in [-0.25, -0.2) is 4.68 Å². The molecule has 3 rings (SSSR count). The van der Waals surface area contributed by atoms with E-state index in [1.807, 2.05) is 35.4 Å². The Labute approximate surface area is 152 Å². The van der Waals surface area contributed by atoms with Gasteiger partial charge in [0.05, 0.1) is 23.6 Å². The number of nitrogens with one attached hydrogen (secondary N) is 1. The van der Waals surface area contributed by atoms with Gasteiger partial charge in [-0.05, 0) is 25.0 Å². The van der Waals surface area contributed by atoms with Crippen molar-refractivity contribution in [2.45, 2.75) is 32.4 Å². The van der Waals surface area contributed by atoms with Crippen LogP contribution in [0, 0.1) is 0 Å². The van der Waals surface area contributed by atoms with E-state index in [2.05, 4.69) is 10.4 Å². The fraction of sp³-hybridized carbons (Fsp3) is 0.421. The van der Waals surface area contributed by atoms with Crippen molar-refractivity contribution in [1.29, 1.82) is 0 Å². The number of hydrogen-bond donors (Lipinski definition) is 1. The number of carbonyl (C=O) groups is 2. The highest BCUT2D eigenvalue weighted by molar-refractivity contribution is 5.97. The molecule has 2 aromatic rings. The highest BCUT2D eigenvalue weighted by Gasteiger charge is 2.25. The maximum absolute atomic E-state index is 13.0. The standard InChI is InChI=1S/C19H24N4O3/c1-14(24)20-11-15-12-21-23(13-15)18-6-4-3-5-17(18)19(25)22-9-7-16(26-2)8-10-22/h3-6,12-13,16H,7-11H2,1-2H3,(H,20,24). The van der Waals surface area contributed by atoms with Crippen molar-refractivity contribution < 1.29 is 14.3 Å². The first-order valence-corrected chi connectivity index (χ1v) is 8.78. The fourth-order valence-corrected chi connectivity index (χ4v) is 3.13. The average molecular weight is 356 g/mol. The Morgan fingerprint density at radius 3 is 2.69 bits per heavy atom. The summed E-state index contributed by atoms with van der Waals surface area (Å²) >= 11 is 0. The number of ether oxygens (including phenoxy) is 1. The van der Waals surface area contributed by atoms with E-state index in [-0.39, 0.29) is 17.9 Å². The van der Waals surface area contributed by atoms with Gasteiger partial charge in [-0.3, -0.25) is 9.59 Å². The number of aromatic nitrogens is 2. The lowest BCUT2D eigenvalue weighted by molar-refractivity contribution is -0.119. The number of likely N-dealkylation sites (tertiary alicyclic amines) is 1. The van der Waals surface area contributed by atoms with Crippen molar-refractivity contribution in [3.63, 3.8) is 0 Å². The van der Waals surface area contributed by atoms with Crippen molar-refractivity contribution in [1.82, 2.24) is 20.0 Å². The molecule has 0 unspecified atom stereocenters. The normalized spacial score (nSPS) is 15.1. The molecular formula is C19H24N4O3. The summed E-state index contributed by atoms with van der Waals surface area (Å²) in [6.45, 7) is 3.28. The maximum atomic E-state index is 13.0. The van der Waals surface area contributed by atoms with Crippen LogP contribution in [0.25, 0.3) is 5.69 Å². The van der Waals surface area contributed by atoms with Crippen LogP contribution < -0.4 is 5.32 Å². The van der Waals surface area contributed by atoms with Crippen LogP contribution in [-0.4, -0.2) is 52.8 Å². The van der Waals surface area contributed by atoms with E-state index >= 15 is 0 Å². The highest BCUT2D eigenvalue weighted by Crippen LogP contribution is 2.20. The molecule has 2 amide bonds. The Morgan fingerprint density at radius 2 is 2.00 bits per heavy atom. The third-order valence-electron chi connectivity index (χ3n) is 4.62. The molecule has 7 nitrogen and oxygen atoms in total. The smallest absolute Gasteiger partial charge is 0.256 e. The monoisotopic (exact) mass is 356 g/mol. The molecule has 26 heavy (non-hydrogen) atoms. The second-order valence-electron chi connectivity index (χ2n) is 6.45. The first-order chi connectivity index (χ1) is 12.6. The number of nitrogens with zero attached hydrogens (tertiary/aromatic N) is 3. The minimum absolute atomic E-state index is 0.00839. The summed E-state index contributed by atoms with van der Waals surface area (Å²) in [6, 6.07) is 7.46. The molecule has 1 aliphatic rings. The van der Waals surface area contributed by atoms with E-state index in [1.54, 1.807) is 18.0 Å². The first-order valence-electron chi connectivity index (χ1n) is 8.78. The zero-order valence-corrected chi connectivity index (χ0v) is 15.1. The summed E-state index contributed by atoms with van der Waals surface area (Å²) in [4.78, 5) is 25.9. The number of piperidine rings is 1. The number of benzene rings is 1. The second-order valence-corrected chi connectivity index (χ2v) is 6.45. The van der Waals surface area contributed by atoms with E-state index in [1.165, 1.54) is 6.92 Å². The van der Waals surface area contributed by atoms with Crippen molar-refractivity contribution in [3.05, 3.63) is 47.8 Å². The quantitative estimate of drug-likeness (QED) is 0.886. The van der Waals surface area contributed by atoms with Crippen LogP contribution in [-0.2, 0) is 16.1 Å². The molecule has 1 fully saturated rings. The van der Waals surface area contributed by atoms with Crippen LogP contribution in [0.1, 0.15) is 35.7 Å². The Morgan fingerprint density at radius 1 is 1.27 bits per heavy atom. The van der Waals surface area contributed by atoms with Crippen molar-refractivity contribution in [2.24, 2.45) is 0 Å². The molecule has 1 aromatic carbocycles. The maximum Gasteiger partial charge on any atom is 0.256 e. The predicted octanol–water partition coefficient (Wildman–Crippen LogP) is 1.76. The molecule has 1 N–H and O–H groups in total. The third kappa shape index (κ3) is 4.11. The van der Waals surface area contributed by atoms with E-state index in [4.69, 9.17) is 4.74 Å². The van der Waals surface area contributed by atoms with Crippen LogP contribution in [0.5, 0.6) is 0 Å². The number of methoxy groups -OCH3 is 1. The van der Waals surface area contributed by atoms with Crippen molar-refractivity contribution in [3.8, 4) is 5.69 Å². The minimum atomic E-state index is -0.0900. The largest absolute Gasteiger partial charge is 0.381 e. The molecule has 0 radical (unpaired) electrons. The molecule has 1 aliphatic heterocycles. The molecule has 0 saturated carbocycles. The van der Waals surface area contributed by atoms with E-state index in [9.17, 15) is 9.59 Å². The Balaban J connectivity index is 1.78. The fourth-order valence-electron chi connectivity index (χ4n) is 3.13. The third-order valence-corrected chi connectivity index (χ3v) is 4.62. The Bertz CT molecular complexity index is 779. The number of rotatable bonds is 5. The van der Waals surface area contributed by atoms with Gasteiger partial charge in [0.25, 0.3) is 5.91 Å². The summed E-state index contributed by atoms with van der Waals surface area (Å²) in [6.07, 6.45) is 5.47. The summed E-state index contributed by atoms with van der Waals surface area (Å²) < 4.78 is 7.07. The van der Waals surface area contributed by atoms with E-state index in [0.717, 1.165) is 24.1 Å². The molecule has 0 atom stereocenters. The molecular weight excluding hydrogens is 332 g/mol. The predicted molar refractivity (Wildman–Crippen MR) is 97.0 cm³/mol. The number of hydrogen-bond acceptors (Lipinski definition) is 4. The average Bonchev–Trinajstić information content (AvgIpc) is 3.15. The Kier molecular flexibility index (Phi) is 5.68. The second kappa shape index (κ2) is 8.14. The molecule has 1 aromatic heterocycles. The minimum Gasteiger partial charge on any atom is -0.381 e. The van der Waals surface area contributed by atoms with Gasteiger partial charge in [0.2, 0.25) is 5.91 Å².